The van der Waals surface area contributed by atoms with Crippen molar-refractivity contribution in [2.75, 3.05) is 7.11 Å². The lowest BCUT2D eigenvalue weighted by Crippen LogP contribution is -1.93. The summed E-state index contributed by atoms with van der Waals surface area (Å²) in [6, 6.07) is 11.2. The number of rotatable bonds is 3. The highest BCUT2D eigenvalue weighted by molar-refractivity contribution is 5.92. The van der Waals surface area contributed by atoms with Crippen LogP contribution in [0.2, 0.25) is 0 Å². The van der Waals surface area contributed by atoms with E-state index < -0.39 is 0 Å². The van der Waals surface area contributed by atoms with Crippen LogP contribution in [0.5, 0.6) is 0 Å². The predicted octanol–water partition coefficient (Wildman–Crippen LogP) is 2.84. The van der Waals surface area contributed by atoms with Gasteiger partial charge in [-0.25, -0.2) is 4.79 Å². The van der Waals surface area contributed by atoms with Crippen molar-refractivity contribution in [1.29, 1.82) is 0 Å². The average Bonchev–Trinajstić information content (AvgIpc) is 2.43. The number of carbonyl (C=O) groups excluding carboxylic acids is 2. The second kappa shape index (κ2) is 5.27. The number of methoxy groups -OCH3 is 1. The SMILES string of the molecule is COC(=O)/C=C/c1ccc2cc(C=O)ccc2c1. The van der Waals surface area contributed by atoms with E-state index >= 15 is 0 Å². The molecule has 0 saturated carbocycles. The highest BCUT2D eigenvalue weighted by Crippen LogP contribution is 2.18. The first-order valence-electron chi connectivity index (χ1n) is 5.48. The summed E-state index contributed by atoms with van der Waals surface area (Å²) >= 11 is 0. The fourth-order valence-corrected chi connectivity index (χ4v) is 1.69. The van der Waals surface area contributed by atoms with Crippen LogP contribution < -0.4 is 0 Å². The van der Waals surface area contributed by atoms with E-state index in [9.17, 15) is 9.59 Å². The molecule has 0 unspecified atom stereocenters. The minimum atomic E-state index is -0.383. The van der Waals surface area contributed by atoms with Crippen molar-refractivity contribution in [3.63, 3.8) is 0 Å². The summed E-state index contributed by atoms with van der Waals surface area (Å²) in [4.78, 5) is 21.6. The third kappa shape index (κ3) is 2.63. The molecular formula is C15H12O3. The molecule has 2 rings (SSSR count). The van der Waals surface area contributed by atoms with Crippen molar-refractivity contribution >= 4 is 29.1 Å². The second-order valence-corrected chi connectivity index (χ2v) is 3.84. The van der Waals surface area contributed by atoms with E-state index in [4.69, 9.17) is 0 Å². The lowest BCUT2D eigenvalue weighted by molar-refractivity contribution is -0.134. The molecular weight excluding hydrogens is 228 g/mol. The maximum absolute atomic E-state index is 11.0. The molecule has 0 aliphatic carbocycles. The van der Waals surface area contributed by atoms with Gasteiger partial charge in [-0.15, -0.1) is 0 Å². The molecule has 90 valence electrons. The molecule has 3 heteroatoms. The molecule has 2 aromatic carbocycles. The minimum Gasteiger partial charge on any atom is -0.466 e. The third-order valence-electron chi connectivity index (χ3n) is 2.64. The topological polar surface area (TPSA) is 43.4 Å². The molecule has 3 nitrogen and oxygen atoms in total. The Labute approximate surface area is 105 Å². The maximum atomic E-state index is 11.0. The van der Waals surface area contributed by atoms with E-state index in [-0.39, 0.29) is 5.97 Å². The molecule has 0 spiro atoms. The quantitative estimate of drug-likeness (QED) is 0.470. The molecule has 0 aliphatic rings. The third-order valence-corrected chi connectivity index (χ3v) is 2.64. The van der Waals surface area contributed by atoms with Crippen LogP contribution in [0.1, 0.15) is 15.9 Å². The first-order chi connectivity index (χ1) is 8.72. The largest absolute Gasteiger partial charge is 0.466 e. The summed E-state index contributed by atoms with van der Waals surface area (Å²) in [6.07, 6.45) is 3.89. The molecule has 0 saturated heterocycles. The van der Waals surface area contributed by atoms with Gasteiger partial charge in [-0.1, -0.05) is 24.3 Å². The number of carbonyl (C=O) groups is 2. The fraction of sp³-hybridized carbons (Fsp3) is 0.0667. The van der Waals surface area contributed by atoms with Crippen molar-refractivity contribution in [2.45, 2.75) is 0 Å². The smallest absolute Gasteiger partial charge is 0.330 e. The minimum absolute atomic E-state index is 0.383. The zero-order chi connectivity index (χ0) is 13.0. The zero-order valence-electron chi connectivity index (χ0n) is 9.92. The summed E-state index contributed by atoms with van der Waals surface area (Å²) in [5.74, 6) is -0.383. The van der Waals surface area contributed by atoms with Gasteiger partial charge in [0.05, 0.1) is 7.11 Å². The van der Waals surface area contributed by atoms with Crippen LogP contribution in [-0.4, -0.2) is 19.4 Å². The van der Waals surface area contributed by atoms with E-state index in [1.807, 2.05) is 30.3 Å². The summed E-state index contributed by atoms with van der Waals surface area (Å²) < 4.78 is 4.53. The van der Waals surface area contributed by atoms with Crippen LogP contribution >= 0.6 is 0 Å². The first kappa shape index (κ1) is 12.0. The van der Waals surface area contributed by atoms with Gasteiger partial charge in [0.25, 0.3) is 0 Å². The summed E-state index contributed by atoms with van der Waals surface area (Å²) in [5, 5.41) is 2.02. The van der Waals surface area contributed by atoms with Crippen molar-refractivity contribution in [3.05, 3.63) is 53.6 Å². The second-order valence-electron chi connectivity index (χ2n) is 3.84. The zero-order valence-corrected chi connectivity index (χ0v) is 9.92. The van der Waals surface area contributed by atoms with Gasteiger partial charge in [-0.2, -0.15) is 0 Å². The number of aldehydes is 1. The molecule has 2 aromatic rings. The normalized spacial score (nSPS) is 10.7. The Balaban J connectivity index is 2.36. The number of benzene rings is 2. The Morgan fingerprint density at radius 1 is 1.06 bits per heavy atom. The summed E-state index contributed by atoms with van der Waals surface area (Å²) in [7, 11) is 1.34. The van der Waals surface area contributed by atoms with E-state index in [0.29, 0.717) is 5.56 Å². The van der Waals surface area contributed by atoms with Crippen LogP contribution in [0, 0.1) is 0 Å². The molecule has 18 heavy (non-hydrogen) atoms. The number of ether oxygens (including phenoxy) is 1. The molecule has 0 heterocycles. The molecule has 0 N–H and O–H groups in total. The van der Waals surface area contributed by atoms with Gasteiger partial charge in [0.2, 0.25) is 0 Å². The van der Waals surface area contributed by atoms with Gasteiger partial charge in [0.1, 0.15) is 6.29 Å². The Morgan fingerprint density at radius 3 is 2.28 bits per heavy atom. The standard InChI is InChI=1S/C15H12O3/c1-18-15(17)7-4-11-2-5-14-9-12(10-16)3-6-13(14)8-11/h2-10H,1H3/b7-4+. The highest BCUT2D eigenvalue weighted by atomic mass is 16.5. The Kier molecular flexibility index (Phi) is 3.53. The van der Waals surface area contributed by atoms with E-state index in [1.165, 1.54) is 13.2 Å². The van der Waals surface area contributed by atoms with E-state index in [1.54, 1.807) is 12.1 Å². The predicted molar refractivity (Wildman–Crippen MR) is 70.4 cm³/mol. The molecule has 0 amide bonds. The monoisotopic (exact) mass is 240 g/mol. The number of hydrogen-bond donors (Lipinski definition) is 0. The van der Waals surface area contributed by atoms with Gasteiger partial charge in [0.15, 0.2) is 0 Å². The van der Waals surface area contributed by atoms with Gasteiger partial charge in [0, 0.05) is 11.6 Å². The Morgan fingerprint density at radius 2 is 1.67 bits per heavy atom. The average molecular weight is 240 g/mol. The van der Waals surface area contributed by atoms with Gasteiger partial charge >= 0.3 is 5.97 Å². The van der Waals surface area contributed by atoms with E-state index in [2.05, 4.69) is 4.74 Å². The summed E-state index contributed by atoms with van der Waals surface area (Å²) in [5.41, 5.74) is 1.56. The van der Waals surface area contributed by atoms with Crippen LogP contribution in [-0.2, 0) is 9.53 Å². The van der Waals surface area contributed by atoms with Gasteiger partial charge in [-0.3, -0.25) is 4.79 Å². The van der Waals surface area contributed by atoms with Crippen LogP contribution in [0.25, 0.3) is 16.8 Å². The first-order valence-corrected chi connectivity index (χ1v) is 5.48. The van der Waals surface area contributed by atoms with E-state index in [0.717, 1.165) is 22.6 Å². The van der Waals surface area contributed by atoms with Crippen LogP contribution in [0.3, 0.4) is 0 Å². The molecule has 0 fully saturated rings. The van der Waals surface area contributed by atoms with Gasteiger partial charge < -0.3 is 4.74 Å². The van der Waals surface area contributed by atoms with Crippen LogP contribution in [0.15, 0.2) is 42.5 Å². The Hall–Kier alpha value is -2.42. The molecule has 0 aliphatic heterocycles. The summed E-state index contributed by atoms with van der Waals surface area (Å²) in [6.45, 7) is 0. The number of fused-ring (bicyclic) bond motifs is 1. The highest BCUT2D eigenvalue weighted by Gasteiger charge is 1.97. The fourth-order valence-electron chi connectivity index (χ4n) is 1.69. The molecule has 0 radical (unpaired) electrons. The van der Waals surface area contributed by atoms with Gasteiger partial charge in [-0.05, 0) is 34.5 Å². The molecule has 0 bridgehead atoms. The van der Waals surface area contributed by atoms with Crippen molar-refractivity contribution < 1.29 is 14.3 Å². The maximum Gasteiger partial charge on any atom is 0.330 e. The Bertz CT molecular complexity index is 627. The van der Waals surface area contributed by atoms with Crippen molar-refractivity contribution in [3.8, 4) is 0 Å². The number of esters is 1. The lowest BCUT2D eigenvalue weighted by Gasteiger charge is -2.00. The number of hydrogen-bond acceptors (Lipinski definition) is 3. The molecule has 0 aromatic heterocycles. The van der Waals surface area contributed by atoms with Crippen LogP contribution in [0.4, 0.5) is 0 Å². The van der Waals surface area contributed by atoms with Crippen molar-refractivity contribution in [2.24, 2.45) is 0 Å². The lowest BCUT2D eigenvalue weighted by atomic mass is 10.0. The van der Waals surface area contributed by atoms with Crippen molar-refractivity contribution in [1.82, 2.24) is 0 Å². The molecule has 0 atom stereocenters.